The maximum Gasteiger partial charge on any atom is 0.126 e. The van der Waals surface area contributed by atoms with Gasteiger partial charge >= 0.3 is 0 Å². The predicted octanol–water partition coefficient (Wildman–Crippen LogP) is 5.94. The summed E-state index contributed by atoms with van der Waals surface area (Å²) in [6.07, 6.45) is 10.3. The molecule has 0 unspecified atom stereocenters. The Balaban J connectivity index is 1.38. The van der Waals surface area contributed by atoms with Crippen LogP contribution in [0.5, 0.6) is 5.75 Å². The highest BCUT2D eigenvalue weighted by molar-refractivity contribution is 5.71. The van der Waals surface area contributed by atoms with Gasteiger partial charge < -0.3 is 4.74 Å². The average molecular weight is 362 g/mol. The highest BCUT2D eigenvalue weighted by Crippen LogP contribution is 2.32. The first-order valence-electron chi connectivity index (χ1n) is 10.6. The van der Waals surface area contributed by atoms with Crippen molar-refractivity contribution in [2.75, 3.05) is 19.7 Å². The van der Waals surface area contributed by atoms with Crippen LogP contribution >= 0.6 is 0 Å². The standard InChI is InChI=1S/C25H31NO/c1-3-9-21(10-4-1)19-26-17-15-23(16-18-26)24-13-7-8-14-25(24)27-20-22-11-5-2-6-12-22/h1,3-4,7-10,13-15,22H,2,5-6,11-12,16-20H2. The Morgan fingerprint density at radius 2 is 1.67 bits per heavy atom. The molecule has 0 saturated heterocycles. The molecule has 27 heavy (non-hydrogen) atoms. The van der Waals surface area contributed by atoms with Crippen LogP contribution < -0.4 is 4.74 Å². The van der Waals surface area contributed by atoms with Crippen LogP contribution in [0.1, 0.15) is 49.7 Å². The van der Waals surface area contributed by atoms with Crippen LogP contribution in [0.25, 0.3) is 5.57 Å². The Morgan fingerprint density at radius 3 is 2.44 bits per heavy atom. The second kappa shape index (κ2) is 9.23. The van der Waals surface area contributed by atoms with Gasteiger partial charge in [-0.15, -0.1) is 0 Å². The smallest absolute Gasteiger partial charge is 0.126 e. The van der Waals surface area contributed by atoms with Crippen molar-refractivity contribution < 1.29 is 4.74 Å². The van der Waals surface area contributed by atoms with Crippen molar-refractivity contribution in [2.24, 2.45) is 5.92 Å². The van der Waals surface area contributed by atoms with E-state index in [1.807, 2.05) is 0 Å². The molecule has 1 saturated carbocycles. The predicted molar refractivity (Wildman–Crippen MR) is 113 cm³/mol. The quantitative estimate of drug-likeness (QED) is 0.632. The van der Waals surface area contributed by atoms with Crippen LogP contribution in [0, 0.1) is 5.92 Å². The Morgan fingerprint density at radius 1 is 0.889 bits per heavy atom. The van der Waals surface area contributed by atoms with E-state index in [2.05, 4.69) is 65.6 Å². The molecule has 2 heteroatoms. The lowest BCUT2D eigenvalue weighted by molar-refractivity contribution is 0.208. The Bertz CT molecular complexity index is 746. The topological polar surface area (TPSA) is 12.5 Å². The summed E-state index contributed by atoms with van der Waals surface area (Å²) < 4.78 is 6.30. The van der Waals surface area contributed by atoms with Crippen molar-refractivity contribution in [1.29, 1.82) is 0 Å². The van der Waals surface area contributed by atoms with Crippen molar-refractivity contribution >= 4 is 5.57 Å². The van der Waals surface area contributed by atoms with Gasteiger partial charge in [0.25, 0.3) is 0 Å². The zero-order valence-corrected chi connectivity index (χ0v) is 16.3. The van der Waals surface area contributed by atoms with Gasteiger partial charge in [-0.25, -0.2) is 0 Å². The van der Waals surface area contributed by atoms with Gasteiger partial charge in [-0.05, 0) is 42.4 Å². The summed E-state index contributed by atoms with van der Waals surface area (Å²) in [4.78, 5) is 2.52. The van der Waals surface area contributed by atoms with E-state index < -0.39 is 0 Å². The van der Waals surface area contributed by atoms with E-state index in [0.29, 0.717) is 0 Å². The summed E-state index contributed by atoms with van der Waals surface area (Å²) >= 11 is 0. The zero-order chi connectivity index (χ0) is 18.3. The summed E-state index contributed by atoms with van der Waals surface area (Å²) in [5.74, 6) is 1.82. The molecule has 1 heterocycles. The molecule has 0 spiro atoms. The van der Waals surface area contributed by atoms with E-state index in [1.54, 1.807) is 0 Å². The third kappa shape index (κ3) is 5.01. The van der Waals surface area contributed by atoms with Gasteiger partial charge in [0.05, 0.1) is 6.61 Å². The maximum absolute atomic E-state index is 6.30. The van der Waals surface area contributed by atoms with Crippen molar-refractivity contribution in [2.45, 2.75) is 45.1 Å². The van der Waals surface area contributed by atoms with Crippen LogP contribution in [0.15, 0.2) is 60.7 Å². The molecule has 142 valence electrons. The SMILES string of the molecule is C1=C(c2ccccc2OCC2CCCCC2)CCN(Cc2ccccc2)C1. The molecule has 2 nitrogen and oxygen atoms in total. The molecule has 1 aliphatic carbocycles. The number of hydrogen-bond acceptors (Lipinski definition) is 2. The van der Waals surface area contributed by atoms with Crippen molar-refractivity contribution in [1.82, 2.24) is 4.90 Å². The summed E-state index contributed by atoms with van der Waals surface area (Å²) in [6, 6.07) is 19.4. The number of para-hydroxylation sites is 1. The normalized spacial score (nSPS) is 18.9. The van der Waals surface area contributed by atoms with Gasteiger partial charge in [-0.1, -0.05) is 73.9 Å². The van der Waals surface area contributed by atoms with Gasteiger partial charge in [0, 0.05) is 25.2 Å². The van der Waals surface area contributed by atoms with Gasteiger partial charge in [-0.2, -0.15) is 0 Å². The highest BCUT2D eigenvalue weighted by Gasteiger charge is 2.18. The molecule has 2 aromatic carbocycles. The second-order valence-corrected chi connectivity index (χ2v) is 8.01. The summed E-state index contributed by atoms with van der Waals surface area (Å²) in [7, 11) is 0. The molecule has 0 bridgehead atoms. The first-order valence-corrected chi connectivity index (χ1v) is 10.6. The van der Waals surface area contributed by atoms with E-state index in [-0.39, 0.29) is 0 Å². The average Bonchev–Trinajstić information content (AvgIpc) is 2.75. The van der Waals surface area contributed by atoms with Crippen LogP contribution in [0.4, 0.5) is 0 Å². The van der Waals surface area contributed by atoms with Gasteiger partial charge in [-0.3, -0.25) is 4.90 Å². The minimum absolute atomic E-state index is 0.744. The minimum atomic E-state index is 0.744. The number of hydrogen-bond donors (Lipinski definition) is 0. The van der Waals surface area contributed by atoms with Gasteiger partial charge in [0.15, 0.2) is 0 Å². The van der Waals surface area contributed by atoms with E-state index in [9.17, 15) is 0 Å². The minimum Gasteiger partial charge on any atom is -0.493 e. The maximum atomic E-state index is 6.30. The molecule has 0 aromatic heterocycles. The fourth-order valence-corrected chi connectivity index (χ4v) is 4.36. The van der Waals surface area contributed by atoms with Crippen LogP contribution in [0.2, 0.25) is 0 Å². The molecule has 4 rings (SSSR count). The molecule has 0 atom stereocenters. The van der Waals surface area contributed by atoms with E-state index >= 15 is 0 Å². The molecule has 2 aliphatic rings. The molecule has 0 N–H and O–H groups in total. The van der Waals surface area contributed by atoms with Crippen LogP contribution in [-0.4, -0.2) is 24.6 Å². The lowest BCUT2D eigenvalue weighted by Gasteiger charge is -2.27. The van der Waals surface area contributed by atoms with Crippen molar-refractivity contribution in [3.8, 4) is 5.75 Å². The Kier molecular flexibility index (Phi) is 6.26. The lowest BCUT2D eigenvalue weighted by atomic mass is 9.90. The Hall–Kier alpha value is -2.06. The number of benzene rings is 2. The molecule has 0 amide bonds. The molecule has 1 fully saturated rings. The van der Waals surface area contributed by atoms with Gasteiger partial charge in [0.1, 0.15) is 5.75 Å². The van der Waals surface area contributed by atoms with E-state index in [1.165, 1.54) is 48.8 Å². The van der Waals surface area contributed by atoms with Crippen LogP contribution in [-0.2, 0) is 6.54 Å². The fraction of sp³-hybridized carbons (Fsp3) is 0.440. The van der Waals surface area contributed by atoms with Crippen molar-refractivity contribution in [3.05, 3.63) is 71.8 Å². The Labute approximate surface area is 163 Å². The monoisotopic (exact) mass is 361 g/mol. The molecular formula is C25H31NO. The lowest BCUT2D eigenvalue weighted by Crippen LogP contribution is -2.28. The van der Waals surface area contributed by atoms with E-state index in [0.717, 1.165) is 44.3 Å². The fourth-order valence-electron chi connectivity index (χ4n) is 4.36. The summed E-state index contributed by atoms with van der Waals surface area (Å²) in [6.45, 7) is 4.04. The third-order valence-corrected chi connectivity index (χ3v) is 5.97. The summed E-state index contributed by atoms with van der Waals surface area (Å²) in [5.41, 5.74) is 4.14. The molecule has 2 aromatic rings. The first-order chi connectivity index (χ1) is 13.4. The third-order valence-electron chi connectivity index (χ3n) is 5.97. The molecular weight excluding hydrogens is 330 g/mol. The molecule has 1 aliphatic heterocycles. The number of nitrogens with zero attached hydrogens (tertiary/aromatic N) is 1. The second-order valence-electron chi connectivity index (χ2n) is 8.01. The largest absolute Gasteiger partial charge is 0.493 e. The van der Waals surface area contributed by atoms with Crippen LogP contribution in [0.3, 0.4) is 0 Å². The zero-order valence-electron chi connectivity index (χ0n) is 16.3. The summed E-state index contributed by atoms with van der Waals surface area (Å²) in [5, 5.41) is 0. The number of ether oxygens (including phenoxy) is 1. The number of rotatable bonds is 6. The first kappa shape index (κ1) is 18.3. The molecule has 0 radical (unpaired) electrons. The van der Waals surface area contributed by atoms with E-state index in [4.69, 9.17) is 4.74 Å². The van der Waals surface area contributed by atoms with Gasteiger partial charge in [0.2, 0.25) is 0 Å². The van der Waals surface area contributed by atoms with Crippen molar-refractivity contribution in [3.63, 3.8) is 0 Å². The highest BCUT2D eigenvalue weighted by atomic mass is 16.5.